The molecule has 18 heavy (non-hydrogen) atoms. The minimum atomic E-state index is 0.641. The van der Waals surface area contributed by atoms with E-state index in [9.17, 15) is 0 Å². The summed E-state index contributed by atoms with van der Waals surface area (Å²) in [5.41, 5.74) is 1.16. The topological polar surface area (TPSA) is 33.1 Å². The predicted molar refractivity (Wildman–Crippen MR) is 73.2 cm³/mol. The van der Waals surface area contributed by atoms with Gasteiger partial charge in [-0.15, -0.1) is 6.42 Å². The number of nitrogens with one attached hydrogen (secondary N) is 1. The van der Waals surface area contributed by atoms with Crippen molar-refractivity contribution in [3.8, 4) is 12.3 Å². The van der Waals surface area contributed by atoms with Crippen LogP contribution in [0.1, 0.15) is 18.5 Å². The quantitative estimate of drug-likeness (QED) is 0.774. The van der Waals surface area contributed by atoms with Crippen molar-refractivity contribution >= 4 is 0 Å². The van der Waals surface area contributed by atoms with Crippen LogP contribution in [0, 0.1) is 12.3 Å². The predicted octanol–water partition coefficient (Wildman–Crippen LogP) is 0.650. The number of piperidine rings is 1. The first-order chi connectivity index (χ1) is 8.78. The zero-order valence-corrected chi connectivity index (χ0v) is 11.1. The minimum Gasteiger partial charge on any atom is -0.313 e. The molecule has 1 aliphatic rings. The van der Waals surface area contributed by atoms with Gasteiger partial charge in [0, 0.05) is 45.3 Å². The molecule has 1 fully saturated rings. The zero-order valence-electron chi connectivity index (χ0n) is 11.1. The van der Waals surface area contributed by atoms with Gasteiger partial charge in [-0.2, -0.15) is 5.10 Å². The third-order valence-electron chi connectivity index (χ3n) is 3.49. The fourth-order valence-electron chi connectivity index (χ4n) is 2.43. The van der Waals surface area contributed by atoms with E-state index in [4.69, 9.17) is 6.42 Å². The molecule has 4 nitrogen and oxygen atoms in total. The van der Waals surface area contributed by atoms with Crippen LogP contribution in [0.2, 0.25) is 0 Å². The van der Waals surface area contributed by atoms with Gasteiger partial charge in [0.25, 0.3) is 0 Å². The average Bonchev–Trinajstić information content (AvgIpc) is 2.78. The van der Waals surface area contributed by atoms with Crippen molar-refractivity contribution in [2.75, 3.05) is 26.2 Å². The van der Waals surface area contributed by atoms with Crippen LogP contribution in [-0.2, 0) is 13.5 Å². The summed E-state index contributed by atoms with van der Waals surface area (Å²) in [6.07, 6.45) is 10.7. The van der Waals surface area contributed by atoms with Crippen molar-refractivity contribution in [3.63, 3.8) is 0 Å². The van der Waals surface area contributed by atoms with E-state index in [1.807, 2.05) is 17.9 Å². The summed E-state index contributed by atoms with van der Waals surface area (Å²) in [5, 5.41) is 7.99. The first kappa shape index (κ1) is 13.1. The number of hydrogen-bond acceptors (Lipinski definition) is 3. The Balaban J connectivity index is 1.62. The van der Waals surface area contributed by atoms with Crippen LogP contribution in [0.15, 0.2) is 12.3 Å². The number of rotatable bonds is 5. The molecule has 1 aromatic rings. The fraction of sp³-hybridized carbons (Fsp3) is 0.643. The first-order valence-corrected chi connectivity index (χ1v) is 6.65. The number of aryl methyl sites for hydroxylation is 1. The van der Waals surface area contributed by atoms with Gasteiger partial charge in [-0.3, -0.25) is 9.58 Å². The van der Waals surface area contributed by atoms with Gasteiger partial charge >= 0.3 is 0 Å². The number of nitrogens with zero attached hydrogens (tertiary/aromatic N) is 3. The van der Waals surface area contributed by atoms with Crippen LogP contribution in [0.4, 0.5) is 0 Å². The zero-order chi connectivity index (χ0) is 12.8. The Kier molecular flexibility index (Phi) is 4.80. The fourth-order valence-corrected chi connectivity index (χ4v) is 2.43. The maximum absolute atomic E-state index is 5.32. The molecule has 0 atom stereocenters. The molecule has 0 aromatic carbocycles. The number of terminal acetylenes is 1. The molecule has 4 heteroatoms. The highest BCUT2D eigenvalue weighted by molar-refractivity contribution is 4.99. The highest BCUT2D eigenvalue weighted by Crippen LogP contribution is 2.09. The summed E-state index contributed by atoms with van der Waals surface area (Å²) in [6.45, 7) is 4.04. The van der Waals surface area contributed by atoms with Crippen molar-refractivity contribution < 1.29 is 0 Å². The van der Waals surface area contributed by atoms with Crippen LogP contribution in [0.3, 0.4) is 0 Å². The normalized spacial score (nSPS) is 17.8. The van der Waals surface area contributed by atoms with Crippen LogP contribution in [0.5, 0.6) is 0 Å². The van der Waals surface area contributed by atoms with Gasteiger partial charge in [0.05, 0.1) is 12.2 Å². The van der Waals surface area contributed by atoms with Crippen LogP contribution in [-0.4, -0.2) is 46.9 Å². The summed E-state index contributed by atoms with van der Waals surface area (Å²) in [5.74, 6) is 2.71. The van der Waals surface area contributed by atoms with Gasteiger partial charge in [0.1, 0.15) is 0 Å². The molecule has 1 saturated heterocycles. The summed E-state index contributed by atoms with van der Waals surface area (Å²) in [7, 11) is 1.96. The molecule has 0 bridgehead atoms. The molecule has 1 aliphatic heterocycles. The molecular formula is C14H22N4. The number of aromatic nitrogens is 2. The van der Waals surface area contributed by atoms with Crippen molar-refractivity contribution in [3.05, 3.63) is 18.0 Å². The van der Waals surface area contributed by atoms with Crippen LogP contribution >= 0.6 is 0 Å². The van der Waals surface area contributed by atoms with E-state index in [1.54, 1.807) is 0 Å². The van der Waals surface area contributed by atoms with Gasteiger partial charge in [0.2, 0.25) is 0 Å². The Bertz CT molecular complexity index is 396. The highest BCUT2D eigenvalue weighted by atomic mass is 15.2. The molecule has 2 heterocycles. The van der Waals surface area contributed by atoms with E-state index in [2.05, 4.69) is 27.3 Å². The molecule has 0 unspecified atom stereocenters. The monoisotopic (exact) mass is 246 g/mol. The second-order valence-corrected chi connectivity index (χ2v) is 4.94. The van der Waals surface area contributed by atoms with Crippen molar-refractivity contribution in [2.45, 2.75) is 25.3 Å². The second-order valence-electron chi connectivity index (χ2n) is 4.94. The second kappa shape index (κ2) is 6.58. The van der Waals surface area contributed by atoms with Gasteiger partial charge in [-0.1, -0.05) is 5.92 Å². The van der Waals surface area contributed by atoms with E-state index < -0.39 is 0 Å². The Morgan fingerprint density at radius 1 is 1.50 bits per heavy atom. The lowest BCUT2D eigenvalue weighted by Crippen LogP contribution is -2.43. The SMILES string of the molecule is C#CCN1CCC(NCCc2ccn(C)n2)CC1. The van der Waals surface area contributed by atoms with Crippen LogP contribution in [0.25, 0.3) is 0 Å². The van der Waals surface area contributed by atoms with E-state index in [-0.39, 0.29) is 0 Å². The molecule has 98 valence electrons. The summed E-state index contributed by atoms with van der Waals surface area (Å²) >= 11 is 0. The lowest BCUT2D eigenvalue weighted by molar-refractivity contribution is 0.218. The molecule has 0 saturated carbocycles. The molecular weight excluding hydrogens is 224 g/mol. The van der Waals surface area contributed by atoms with Crippen molar-refractivity contribution in [1.82, 2.24) is 20.0 Å². The summed E-state index contributed by atoms with van der Waals surface area (Å²) < 4.78 is 1.85. The summed E-state index contributed by atoms with van der Waals surface area (Å²) in [4.78, 5) is 2.34. The van der Waals surface area contributed by atoms with E-state index in [0.29, 0.717) is 6.04 Å². The molecule has 0 spiro atoms. The van der Waals surface area contributed by atoms with Gasteiger partial charge in [0.15, 0.2) is 0 Å². The van der Waals surface area contributed by atoms with Crippen molar-refractivity contribution in [1.29, 1.82) is 0 Å². The Hall–Kier alpha value is -1.31. The average molecular weight is 246 g/mol. The molecule has 0 aliphatic carbocycles. The number of likely N-dealkylation sites (tertiary alicyclic amines) is 1. The van der Waals surface area contributed by atoms with Crippen LogP contribution < -0.4 is 5.32 Å². The molecule has 2 rings (SSSR count). The third-order valence-corrected chi connectivity index (χ3v) is 3.49. The van der Waals surface area contributed by atoms with Crippen molar-refractivity contribution in [2.24, 2.45) is 7.05 Å². The minimum absolute atomic E-state index is 0.641. The maximum Gasteiger partial charge on any atom is 0.0637 e. The smallest absolute Gasteiger partial charge is 0.0637 e. The Labute approximate surface area is 109 Å². The molecule has 0 amide bonds. The maximum atomic E-state index is 5.32. The van der Waals surface area contributed by atoms with Gasteiger partial charge in [-0.05, 0) is 18.9 Å². The van der Waals surface area contributed by atoms with Gasteiger partial charge in [-0.25, -0.2) is 0 Å². The number of hydrogen-bond donors (Lipinski definition) is 1. The van der Waals surface area contributed by atoms with E-state index in [0.717, 1.165) is 38.3 Å². The Morgan fingerprint density at radius 2 is 2.28 bits per heavy atom. The standard InChI is InChI=1S/C14H22N4/c1-3-9-18-11-6-13(7-12-18)15-8-4-14-5-10-17(2)16-14/h1,5,10,13,15H,4,6-9,11-12H2,2H3. The van der Waals surface area contributed by atoms with E-state index >= 15 is 0 Å². The molecule has 1 N–H and O–H groups in total. The summed E-state index contributed by atoms with van der Waals surface area (Å²) in [6, 6.07) is 2.72. The largest absolute Gasteiger partial charge is 0.313 e. The lowest BCUT2D eigenvalue weighted by Gasteiger charge is -2.31. The Morgan fingerprint density at radius 3 is 2.89 bits per heavy atom. The van der Waals surface area contributed by atoms with Gasteiger partial charge < -0.3 is 5.32 Å². The first-order valence-electron chi connectivity index (χ1n) is 6.65. The third kappa shape index (κ3) is 3.86. The van der Waals surface area contributed by atoms with E-state index in [1.165, 1.54) is 12.8 Å². The molecule has 1 aromatic heterocycles. The highest BCUT2D eigenvalue weighted by Gasteiger charge is 2.17. The lowest BCUT2D eigenvalue weighted by atomic mass is 10.0. The molecule has 0 radical (unpaired) electrons.